The largest absolute Gasteiger partial charge is 0.466 e. The fourth-order valence-corrected chi connectivity index (χ4v) is 5.39. The van der Waals surface area contributed by atoms with E-state index in [2.05, 4.69) is 20.6 Å². The van der Waals surface area contributed by atoms with Crippen LogP contribution in [0.25, 0.3) is 0 Å². The highest BCUT2D eigenvalue weighted by atomic mass is 35.5. The minimum absolute atomic E-state index is 0.0660. The van der Waals surface area contributed by atoms with Crippen LogP contribution < -0.4 is 10.6 Å². The standard InChI is InChI=1S/C22H21ClN4O4S2/c1-2-31-17(28)10-14-11-32-21(24-14)27-20(30)15-4-3-5-16-18(15)25-22(33-16)26-19(29)12-6-8-13(23)9-7-12/h6-9,11,15H,2-5,10H2,1H3,(H,24,27,30)(H,25,26,29). The zero-order valence-electron chi connectivity index (χ0n) is 17.7. The van der Waals surface area contributed by atoms with E-state index in [0.29, 0.717) is 45.3 Å². The summed E-state index contributed by atoms with van der Waals surface area (Å²) in [6, 6.07) is 6.60. The first kappa shape index (κ1) is 23.3. The van der Waals surface area contributed by atoms with Gasteiger partial charge in [-0.15, -0.1) is 22.7 Å². The normalized spacial score (nSPS) is 14.9. The molecule has 0 fully saturated rings. The van der Waals surface area contributed by atoms with Crippen LogP contribution in [-0.2, 0) is 27.2 Å². The van der Waals surface area contributed by atoms with E-state index in [1.54, 1.807) is 36.6 Å². The Balaban J connectivity index is 1.42. The summed E-state index contributed by atoms with van der Waals surface area (Å²) in [4.78, 5) is 47.0. The van der Waals surface area contributed by atoms with Crippen LogP contribution in [0.3, 0.4) is 0 Å². The van der Waals surface area contributed by atoms with Gasteiger partial charge in [-0.2, -0.15) is 0 Å². The molecule has 33 heavy (non-hydrogen) atoms. The van der Waals surface area contributed by atoms with E-state index in [9.17, 15) is 14.4 Å². The Kier molecular flexibility index (Phi) is 7.36. The zero-order valence-corrected chi connectivity index (χ0v) is 20.1. The zero-order chi connectivity index (χ0) is 23.4. The van der Waals surface area contributed by atoms with Gasteiger partial charge in [0.1, 0.15) is 0 Å². The number of carbonyl (C=O) groups excluding carboxylic acids is 3. The molecule has 1 aliphatic carbocycles. The molecule has 1 aromatic carbocycles. The van der Waals surface area contributed by atoms with Crippen LogP contribution >= 0.6 is 34.3 Å². The Bertz CT molecular complexity index is 1180. The van der Waals surface area contributed by atoms with Gasteiger partial charge in [-0.3, -0.25) is 19.7 Å². The highest BCUT2D eigenvalue weighted by Crippen LogP contribution is 2.37. The van der Waals surface area contributed by atoms with Crippen LogP contribution in [0, 0.1) is 0 Å². The van der Waals surface area contributed by atoms with E-state index in [1.165, 1.54) is 22.7 Å². The van der Waals surface area contributed by atoms with Crippen molar-refractivity contribution in [3.05, 3.63) is 56.5 Å². The number of aryl methyl sites for hydroxylation is 1. The van der Waals surface area contributed by atoms with Crippen LogP contribution in [-0.4, -0.2) is 34.4 Å². The van der Waals surface area contributed by atoms with Gasteiger partial charge in [0.05, 0.1) is 30.3 Å². The number of aromatic nitrogens is 2. The molecule has 2 aromatic heterocycles. The SMILES string of the molecule is CCOC(=O)Cc1csc(NC(=O)C2CCCc3sc(NC(=O)c4ccc(Cl)cc4)nc32)n1. The van der Waals surface area contributed by atoms with Crippen LogP contribution in [0.15, 0.2) is 29.6 Å². The highest BCUT2D eigenvalue weighted by Gasteiger charge is 2.31. The number of amides is 2. The number of nitrogens with zero attached hydrogens (tertiary/aromatic N) is 2. The lowest BCUT2D eigenvalue weighted by Gasteiger charge is -2.19. The third-order valence-corrected chi connectivity index (χ3v) is 7.12. The van der Waals surface area contributed by atoms with Crippen LogP contribution in [0.5, 0.6) is 0 Å². The van der Waals surface area contributed by atoms with Gasteiger partial charge in [0.25, 0.3) is 5.91 Å². The maximum Gasteiger partial charge on any atom is 0.311 e. The topological polar surface area (TPSA) is 110 Å². The van der Waals surface area contributed by atoms with E-state index in [1.807, 2.05) is 0 Å². The highest BCUT2D eigenvalue weighted by molar-refractivity contribution is 7.16. The van der Waals surface area contributed by atoms with Crippen molar-refractivity contribution in [3.63, 3.8) is 0 Å². The summed E-state index contributed by atoms with van der Waals surface area (Å²) < 4.78 is 4.93. The Labute approximate surface area is 203 Å². The van der Waals surface area contributed by atoms with Gasteiger partial charge >= 0.3 is 5.97 Å². The molecule has 8 nitrogen and oxygen atoms in total. The molecule has 1 atom stereocenters. The first-order valence-corrected chi connectivity index (χ1v) is 12.5. The molecule has 0 spiro atoms. The van der Waals surface area contributed by atoms with E-state index >= 15 is 0 Å². The number of esters is 1. The Morgan fingerprint density at radius 3 is 2.70 bits per heavy atom. The van der Waals surface area contributed by atoms with Crippen LogP contribution in [0.2, 0.25) is 5.02 Å². The van der Waals surface area contributed by atoms with Gasteiger partial charge in [0.15, 0.2) is 10.3 Å². The van der Waals surface area contributed by atoms with E-state index in [-0.39, 0.29) is 24.2 Å². The summed E-state index contributed by atoms with van der Waals surface area (Å²) in [5, 5.41) is 8.83. The molecule has 0 saturated heterocycles. The van der Waals surface area contributed by atoms with Crippen LogP contribution in [0.1, 0.15) is 52.3 Å². The second kappa shape index (κ2) is 10.4. The molecule has 11 heteroatoms. The summed E-state index contributed by atoms with van der Waals surface area (Å²) in [7, 11) is 0. The van der Waals surface area contributed by atoms with Crippen molar-refractivity contribution >= 4 is 62.3 Å². The number of nitrogens with one attached hydrogen (secondary N) is 2. The van der Waals surface area contributed by atoms with Gasteiger partial charge in [0, 0.05) is 20.8 Å². The van der Waals surface area contributed by atoms with Crippen molar-refractivity contribution in [1.29, 1.82) is 0 Å². The van der Waals surface area contributed by atoms with Crippen LogP contribution in [0.4, 0.5) is 10.3 Å². The maximum atomic E-state index is 13.0. The predicted molar refractivity (Wildman–Crippen MR) is 128 cm³/mol. The second-order valence-corrected chi connectivity index (χ2v) is 9.73. The second-order valence-electron chi connectivity index (χ2n) is 7.35. The fourth-order valence-electron chi connectivity index (χ4n) is 3.50. The number of fused-ring (bicyclic) bond motifs is 1. The molecule has 3 aromatic rings. The molecular formula is C22H21ClN4O4S2. The average Bonchev–Trinajstić information content (AvgIpc) is 3.40. The maximum absolute atomic E-state index is 13.0. The lowest BCUT2D eigenvalue weighted by atomic mass is 9.90. The smallest absolute Gasteiger partial charge is 0.311 e. The number of rotatable bonds is 7. The number of carbonyl (C=O) groups is 3. The number of halogens is 1. The van der Waals surface area contributed by atoms with Crippen molar-refractivity contribution in [2.45, 2.75) is 38.5 Å². The summed E-state index contributed by atoms with van der Waals surface area (Å²) in [6.07, 6.45) is 2.39. The molecule has 0 radical (unpaired) electrons. The minimum Gasteiger partial charge on any atom is -0.466 e. The van der Waals surface area contributed by atoms with E-state index in [4.69, 9.17) is 16.3 Å². The molecule has 2 N–H and O–H groups in total. The molecule has 0 saturated carbocycles. The lowest BCUT2D eigenvalue weighted by molar-refractivity contribution is -0.142. The predicted octanol–water partition coefficient (Wildman–Crippen LogP) is 4.67. The Morgan fingerprint density at radius 2 is 1.94 bits per heavy atom. The van der Waals surface area contributed by atoms with Gasteiger partial charge in [-0.1, -0.05) is 11.6 Å². The van der Waals surface area contributed by atoms with Gasteiger partial charge in [-0.25, -0.2) is 9.97 Å². The summed E-state index contributed by atoms with van der Waals surface area (Å²) >= 11 is 8.53. The van der Waals surface area contributed by atoms with Crippen molar-refractivity contribution in [1.82, 2.24) is 9.97 Å². The van der Waals surface area contributed by atoms with Gasteiger partial charge in [0.2, 0.25) is 5.91 Å². The summed E-state index contributed by atoms with van der Waals surface area (Å²) in [6.45, 7) is 2.06. The average molecular weight is 505 g/mol. The Morgan fingerprint density at radius 1 is 1.15 bits per heavy atom. The third-order valence-electron chi connectivity index (χ3n) is 5.01. The van der Waals surface area contributed by atoms with E-state index < -0.39 is 5.92 Å². The molecule has 2 heterocycles. The van der Waals surface area contributed by atoms with Crippen molar-refractivity contribution in [3.8, 4) is 0 Å². The minimum atomic E-state index is -0.427. The van der Waals surface area contributed by atoms with Gasteiger partial charge in [-0.05, 0) is 50.5 Å². The number of hydrogen-bond acceptors (Lipinski definition) is 8. The summed E-state index contributed by atoms with van der Waals surface area (Å²) in [5.41, 5.74) is 1.72. The fraction of sp³-hybridized carbons (Fsp3) is 0.318. The number of thiazole rings is 2. The third kappa shape index (κ3) is 5.76. The number of anilines is 2. The lowest BCUT2D eigenvalue weighted by Crippen LogP contribution is -2.24. The molecule has 1 aliphatic rings. The van der Waals surface area contributed by atoms with Crippen molar-refractivity contribution in [2.75, 3.05) is 17.2 Å². The first-order valence-electron chi connectivity index (χ1n) is 10.4. The van der Waals surface area contributed by atoms with Gasteiger partial charge < -0.3 is 10.1 Å². The quantitative estimate of drug-likeness (QED) is 0.452. The molecule has 0 bridgehead atoms. The summed E-state index contributed by atoms with van der Waals surface area (Å²) in [5.74, 6) is -1.26. The number of hydrogen-bond donors (Lipinski definition) is 2. The number of benzene rings is 1. The van der Waals surface area contributed by atoms with E-state index in [0.717, 1.165) is 17.7 Å². The monoisotopic (exact) mass is 504 g/mol. The Hall–Kier alpha value is -2.82. The molecular weight excluding hydrogens is 484 g/mol. The molecule has 2 amide bonds. The molecule has 4 rings (SSSR count). The van der Waals surface area contributed by atoms with Crippen molar-refractivity contribution in [2.24, 2.45) is 0 Å². The van der Waals surface area contributed by atoms with Crippen molar-refractivity contribution < 1.29 is 19.1 Å². The molecule has 0 aliphatic heterocycles. The first-order chi connectivity index (χ1) is 15.9. The molecule has 172 valence electrons. The molecule has 1 unspecified atom stereocenters. The number of ether oxygens (including phenoxy) is 1.